The van der Waals surface area contributed by atoms with E-state index in [1.165, 1.54) is 5.56 Å². The molecule has 0 bridgehead atoms. The molecule has 0 unspecified atom stereocenters. The Morgan fingerprint density at radius 2 is 1.86 bits per heavy atom. The first-order chi connectivity index (χ1) is 13.4. The van der Waals surface area contributed by atoms with Crippen LogP contribution in [-0.4, -0.2) is 18.6 Å². The summed E-state index contributed by atoms with van der Waals surface area (Å²) in [6.07, 6.45) is 1.55. The van der Waals surface area contributed by atoms with E-state index >= 15 is 0 Å². The van der Waals surface area contributed by atoms with Gasteiger partial charge in [-0.2, -0.15) is 5.26 Å². The Bertz CT molecular complexity index is 878. The van der Waals surface area contributed by atoms with E-state index < -0.39 is 5.91 Å². The van der Waals surface area contributed by atoms with Crippen LogP contribution in [0, 0.1) is 18.3 Å². The van der Waals surface area contributed by atoms with Crippen molar-refractivity contribution in [3.8, 4) is 17.6 Å². The van der Waals surface area contributed by atoms with E-state index in [1.54, 1.807) is 24.3 Å². The van der Waals surface area contributed by atoms with Gasteiger partial charge in [-0.05, 0) is 57.0 Å². The molecule has 1 N–H and O–H groups in total. The summed E-state index contributed by atoms with van der Waals surface area (Å²) in [4.78, 5) is 12.1. The molecule has 0 radical (unpaired) electrons. The SMILES string of the molecule is CCOc1cc(/C=C(/C#N)C(=O)NC(C)C)ccc1OCc1ccc(C)cc1. The topological polar surface area (TPSA) is 71.3 Å². The van der Waals surface area contributed by atoms with E-state index in [4.69, 9.17) is 9.47 Å². The van der Waals surface area contributed by atoms with Crippen LogP contribution >= 0.6 is 0 Å². The van der Waals surface area contributed by atoms with E-state index in [2.05, 4.69) is 5.32 Å². The summed E-state index contributed by atoms with van der Waals surface area (Å²) in [7, 11) is 0. The van der Waals surface area contributed by atoms with Gasteiger partial charge in [-0.15, -0.1) is 0 Å². The van der Waals surface area contributed by atoms with Gasteiger partial charge >= 0.3 is 0 Å². The monoisotopic (exact) mass is 378 g/mol. The van der Waals surface area contributed by atoms with Crippen molar-refractivity contribution in [1.29, 1.82) is 5.26 Å². The minimum atomic E-state index is -0.393. The molecule has 5 nitrogen and oxygen atoms in total. The van der Waals surface area contributed by atoms with E-state index in [-0.39, 0.29) is 11.6 Å². The third-order valence-electron chi connectivity index (χ3n) is 3.88. The first kappa shape index (κ1) is 21.0. The number of nitrogens with zero attached hydrogens (tertiary/aromatic N) is 1. The van der Waals surface area contributed by atoms with Gasteiger partial charge in [0, 0.05) is 6.04 Å². The highest BCUT2D eigenvalue weighted by atomic mass is 16.5. The van der Waals surface area contributed by atoms with Gasteiger partial charge in [0.25, 0.3) is 5.91 Å². The van der Waals surface area contributed by atoms with Gasteiger partial charge in [0.1, 0.15) is 18.2 Å². The van der Waals surface area contributed by atoms with Crippen LogP contribution in [0.2, 0.25) is 0 Å². The lowest BCUT2D eigenvalue weighted by atomic mass is 10.1. The fourth-order valence-electron chi connectivity index (χ4n) is 2.50. The van der Waals surface area contributed by atoms with Crippen LogP contribution in [0.3, 0.4) is 0 Å². The molecule has 0 aliphatic rings. The highest BCUT2D eigenvalue weighted by Gasteiger charge is 2.12. The van der Waals surface area contributed by atoms with Crippen LogP contribution in [0.15, 0.2) is 48.0 Å². The van der Waals surface area contributed by atoms with Crippen molar-refractivity contribution in [3.05, 3.63) is 64.7 Å². The van der Waals surface area contributed by atoms with Gasteiger partial charge < -0.3 is 14.8 Å². The number of hydrogen-bond acceptors (Lipinski definition) is 4. The van der Waals surface area contributed by atoms with Crippen molar-refractivity contribution in [2.24, 2.45) is 0 Å². The number of hydrogen-bond donors (Lipinski definition) is 1. The number of carbonyl (C=O) groups excluding carboxylic acids is 1. The predicted molar refractivity (Wildman–Crippen MR) is 110 cm³/mol. The summed E-state index contributed by atoms with van der Waals surface area (Å²) in [5.41, 5.74) is 3.00. The fourth-order valence-corrected chi connectivity index (χ4v) is 2.50. The Morgan fingerprint density at radius 3 is 2.46 bits per heavy atom. The van der Waals surface area contributed by atoms with E-state index in [0.29, 0.717) is 30.3 Å². The highest BCUT2D eigenvalue weighted by Crippen LogP contribution is 2.30. The maximum atomic E-state index is 12.1. The molecule has 0 atom stereocenters. The summed E-state index contributed by atoms with van der Waals surface area (Å²) in [6, 6.07) is 15.4. The molecule has 2 aromatic carbocycles. The molecule has 0 aliphatic carbocycles. The van der Waals surface area contributed by atoms with Crippen molar-refractivity contribution in [1.82, 2.24) is 5.32 Å². The zero-order chi connectivity index (χ0) is 20.5. The second-order valence-electron chi connectivity index (χ2n) is 6.71. The standard InChI is InChI=1S/C23H26N2O3/c1-5-27-22-13-19(12-20(14-24)23(26)25-16(2)3)10-11-21(22)28-15-18-8-6-17(4)7-9-18/h6-13,16H,5,15H2,1-4H3,(H,25,26)/b20-12-. The first-order valence-electron chi connectivity index (χ1n) is 9.30. The molecular weight excluding hydrogens is 352 g/mol. The molecule has 0 saturated carbocycles. The fraction of sp³-hybridized carbons (Fsp3) is 0.304. The number of nitrogens with one attached hydrogen (secondary N) is 1. The summed E-state index contributed by atoms with van der Waals surface area (Å²) < 4.78 is 11.6. The molecule has 0 saturated heterocycles. The second-order valence-corrected chi connectivity index (χ2v) is 6.71. The van der Waals surface area contributed by atoms with Crippen LogP contribution in [0.5, 0.6) is 11.5 Å². The minimum absolute atomic E-state index is 0.0409. The van der Waals surface area contributed by atoms with Gasteiger partial charge in [0.15, 0.2) is 11.5 Å². The van der Waals surface area contributed by atoms with Crippen molar-refractivity contribution in [2.75, 3.05) is 6.61 Å². The normalized spacial score (nSPS) is 11.1. The molecule has 0 spiro atoms. The lowest BCUT2D eigenvalue weighted by Gasteiger charge is -2.13. The largest absolute Gasteiger partial charge is 0.490 e. The third-order valence-corrected chi connectivity index (χ3v) is 3.88. The Labute approximate surface area is 166 Å². The molecule has 0 heterocycles. The molecule has 0 aliphatic heterocycles. The second kappa shape index (κ2) is 10.2. The van der Waals surface area contributed by atoms with Gasteiger partial charge in [-0.1, -0.05) is 35.9 Å². The Hall–Kier alpha value is -3.26. The molecule has 2 rings (SSSR count). The summed E-state index contributed by atoms with van der Waals surface area (Å²) >= 11 is 0. The van der Waals surface area contributed by atoms with Gasteiger partial charge in [-0.3, -0.25) is 4.79 Å². The quantitative estimate of drug-likeness (QED) is 0.546. The maximum Gasteiger partial charge on any atom is 0.262 e. The molecule has 5 heteroatoms. The van der Waals surface area contributed by atoms with Crippen LogP contribution in [0.25, 0.3) is 6.08 Å². The van der Waals surface area contributed by atoms with Crippen LogP contribution in [0.4, 0.5) is 0 Å². The average Bonchev–Trinajstić information content (AvgIpc) is 2.66. The number of amides is 1. The first-order valence-corrected chi connectivity index (χ1v) is 9.30. The molecule has 28 heavy (non-hydrogen) atoms. The summed E-state index contributed by atoms with van der Waals surface area (Å²) in [5, 5.41) is 12.0. The van der Waals surface area contributed by atoms with Crippen molar-refractivity contribution in [2.45, 2.75) is 40.3 Å². The summed E-state index contributed by atoms with van der Waals surface area (Å²) in [6.45, 7) is 8.54. The Morgan fingerprint density at radius 1 is 1.14 bits per heavy atom. The smallest absolute Gasteiger partial charge is 0.262 e. The highest BCUT2D eigenvalue weighted by molar-refractivity contribution is 6.01. The van der Waals surface area contributed by atoms with E-state index in [9.17, 15) is 10.1 Å². The number of carbonyl (C=O) groups is 1. The third kappa shape index (κ3) is 6.17. The lowest BCUT2D eigenvalue weighted by Crippen LogP contribution is -2.30. The molecule has 2 aromatic rings. The Kier molecular flexibility index (Phi) is 7.65. The number of benzene rings is 2. The van der Waals surface area contributed by atoms with Gasteiger partial charge in [-0.25, -0.2) is 0 Å². The molecule has 0 aromatic heterocycles. The van der Waals surface area contributed by atoms with Crippen molar-refractivity contribution in [3.63, 3.8) is 0 Å². The molecule has 146 valence electrons. The Balaban J connectivity index is 2.21. The number of nitriles is 1. The number of rotatable bonds is 8. The maximum absolute atomic E-state index is 12.1. The van der Waals surface area contributed by atoms with Crippen LogP contribution in [0.1, 0.15) is 37.5 Å². The predicted octanol–water partition coefficient (Wildman–Crippen LogP) is 4.40. The number of ether oxygens (including phenoxy) is 2. The van der Waals surface area contributed by atoms with Gasteiger partial charge in [0.05, 0.1) is 6.61 Å². The molecule has 0 fully saturated rings. The van der Waals surface area contributed by atoms with E-state index in [1.807, 2.05) is 58.0 Å². The minimum Gasteiger partial charge on any atom is -0.490 e. The van der Waals surface area contributed by atoms with Crippen LogP contribution < -0.4 is 14.8 Å². The zero-order valence-corrected chi connectivity index (χ0v) is 16.8. The van der Waals surface area contributed by atoms with E-state index in [0.717, 1.165) is 5.56 Å². The van der Waals surface area contributed by atoms with Gasteiger partial charge in [0.2, 0.25) is 0 Å². The average molecular weight is 378 g/mol. The molecular formula is C23H26N2O3. The lowest BCUT2D eigenvalue weighted by molar-refractivity contribution is -0.117. The van der Waals surface area contributed by atoms with Crippen molar-refractivity contribution < 1.29 is 14.3 Å². The van der Waals surface area contributed by atoms with Crippen molar-refractivity contribution >= 4 is 12.0 Å². The number of aryl methyl sites for hydroxylation is 1. The molecule has 1 amide bonds. The zero-order valence-electron chi connectivity index (χ0n) is 16.8. The van der Waals surface area contributed by atoms with Crippen LogP contribution in [-0.2, 0) is 11.4 Å². The summed E-state index contributed by atoms with van der Waals surface area (Å²) in [5.74, 6) is 0.796.